The number of nitriles is 1. The minimum absolute atomic E-state index is 0.0249. The molecule has 0 unspecified atom stereocenters. The van der Waals surface area contributed by atoms with Gasteiger partial charge in [-0.2, -0.15) is 5.26 Å². The van der Waals surface area contributed by atoms with Crippen LogP contribution in [0.25, 0.3) is 0 Å². The Hall–Kier alpha value is -3.00. The zero-order valence-electron chi connectivity index (χ0n) is 11.5. The van der Waals surface area contributed by atoms with Crippen molar-refractivity contribution in [3.8, 4) is 17.6 Å². The Morgan fingerprint density at radius 3 is 2.67 bits per heavy atom. The molecule has 0 aliphatic carbocycles. The van der Waals surface area contributed by atoms with E-state index in [2.05, 4.69) is 5.32 Å². The molecule has 0 atom stereocenters. The van der Waals surface area contributed by atoms with Crippen LogP contribution in [0.15, 0.2) is 42.5 Å². The predicted octanol–water partition coefficient (Wildman–Crippen LogP) is 2.86. The smallest absolute Gasteiger partial charge is 0.259 e. The van der Waals surface area contributed by atoms with Crippen molar-refractivity contribution in [1.82, 2.24) is 0 Å². The Morgan fingerprint density at radius 1 is 1.29 bits per heavy atom. The van der Waals surface area contributed by atoms with Crippen molar-refractivity contribution >= 4 is 11.6 Å². The van der Waals surface area contributed by atoms with Gasteiger partial charge in [0.2, 0.25) is 0 Å². The van der Waals surface area contributed by atoms with Gasteiger partial charge in [-0.25, -0.2) is 0 Å². The Morgan fingerprint density at radius 2 is 2.00 bits per heavy atom. The van der Waals surface area contributed by atoms with E-state index in [1.54, 1.807) is 36.4 Å². The summed E-state index contributed by atoms with van der Waals surface area (Å²) >= 11 is 0. The van der Waals surface area contributed by atoms with Gasteiger partial charge in [0.15, 0.2) is 6.61 Å². The summed E-state index contributed by atoms with van der Waals surface area (Å²) in [6.45, 7) is 1.82. The number of anilines is 1. The molecule has 2 rings (SSSR count). The molecule has 0 aromatic heterocycles. The molecule has 0 bridgehead atoms. The number of rotatable bonds is 4. The van der Waals surface area contributed by atoms with Crippen LogP contribution in [-0.4, -0.2) is 17.6 Å². The number of amides is 1. The molecule has 1 amide bonds. The number of hydrogen-bond acceptors (Lipinski definition) is 4. The van der Waals surface area contributed by atoms with Crippen LogP contribution in [0.4, 0.5) is 5.69 Å². The number of benzene rings is 2. The van der Waals surface area contributed by atoms with E-state index in [0.29, 0.717) is 11.4 Å². The van der Waals surface area contributed by atoms with Crippen LogP contribution < -0.4 is 10.1 Å². The lowest BCUT2D eigenvalue weighted by Crippen LogP contribution is -2.12. The van der Waals surface area contributed by atoms with Gasteiger partial charge in [0.1, 0.15) is 17.6 Å². The molecule has 106 valence electrons. The van der Waals surface area contributed by atoms with E-state index >= 15 is 0 Å². The van der Waals surface area contributed by atoms with Gasteiger partial charge in [-0.3, -0.25) is 4.79 Å². The van der Waals surface area contributed by atoms with Crippen LogP contribution in [0.3, 0.4) is 0 Å². The second-order valence-electron chi connectivity index (χ2n) is 4.45. The van der Waals surface area contributed by atoms with Crippen molar-refractivity contribution in [3.63, 3.8) is 0 Å². The van der Waals surface area contributed by atoms with Crippen LogP contribution >= 0.6 is 0 Å². The van der Waals surface area contributed by atoms with Crippen LogP contribution in [0, 0.1) is 18.3 Å². The fourth-order valence-corrected chi connectivity index (χ4v) is 1.78. The van der Waals surface area contributed by atoms with Crippen LogP contribution in [0.5, 0.6) is 11.5 Å². The summed E-state index contributed by atoms with van der Waals surface area (Å²) in [7, 11) is 0. The Bertz CT molecular complexity index is 688. The third-order valence-electron chi connectivity index (χ3n) is 2.81. The van der Waals surface area contributed by atoms with Crippen LogP contribution in [-0.2, 0) is 0 Å². The standard InChI is InChI=1S/C16H14N2O3/c1-11-2-7-15(19)14(10-11)16(20)18-12-3-5-13(6-4-12)21-9-8-17/h2-7,10,19H,9H2,1H3,(H,18,20). The quantitative estimate of drug-likeness (QED) is 0.903. The average molecular weight is 282 g/mol. The first-order valence-electron chi connectivity index (χ1n) is 6.31. The third-order valence-corrected chi connectivity index (χ3v) is 2.81. The summed E-state index contributed by atoms with van der Waals surface area (Å²) < 4.78 is 5.12. The lowest BCUT2D eigenvalue weighted by Gasteiger charge is -2.08. The van der Waals surface area contributed by atoms with Crippen molar-refractivity contribution in [2.75, 3.05) is 11.9 Å². The summed E-state index contributed by atoms with van der Waals surface area (Å²) in [5, 5.41) is 20.8. The molecule has 0 aliphatic rings. The highest BCUT2D eigenvalue weighted by atomic mass is 16.5. The number of carbonyl (C=O) groups excluding carboxylic acids is 1. The molecule has 0 aliphatic heterocycles. The number of aryl methyl sites for hydroxylation is 1. The lowest BCUT2D eigenvalue weighted by atomic mass is 10.1. The number of hydrogen-bond donors (Lipinski definition) is 2. The van der Waals surface area contributed by atoms with Gasteiger partial charge in [0.05, 0.1) is 5.56 Å². The monoisotopic (exact) mass is 282 g/mol. The molecule has 2 aromatic carbocycles. The highest BCUT2D eigenvalue weighted by Gasteiger charge is 2.11. The molecule has 0 saturated heterocycles. The summed E-state index contributed by atoms with van der Waals surface area (Å²) in [5.74, 6) is 0.0990. The number of ether oxygens (including phenoxy) is 1. The fourth-order valence-electron chi connectivity index (χ4n) is 1.78. The van der Waals surface area contributed by atoms with Crippen molar-refractivity contribution in [3.05, 3.63) is 53.6 Å². The summed E-state index contributed by atoms with van der Waals surface area (Å²) in [6.07, 6.45) is 0. The number of nitrogens with zero attached hydrogens (tertiary/aromatic N) is 1. The number of nitrogens with one attached hydrogen (secondary N) is 1. The van der Waals surface area contributed by atoms with E-state index in [1.165, 1.54) is 6.07 Å². The summed E-state index contributed by atoms with van der Waals surface area (Å²) in [6, 6.07) is 13.4. The first-order valence-corrected chi connectivity index (χ1v) is 6.31. The van der Waals surface area contributed by atoms with Gasteiger partial charge in [0.25, 0.3) is 5.91 Å². The zero-order valence-corrected chi connectivity index (χ0v) is 11.5. The van der Waals surface area contributed by atoms with Gasteiger partial charge < -0.3 is 15.2 Å². The number of phenols is 1. The molecule has 0 heterocycles. The maximum absolute atomic E-state index is 12.1. The van der Waals surface area contributed by atoms with Crippen molar-refractivity contribution in [1.29, 1.82) is 5.26 Å². The van der Waals surface area contributed by atoms with Gasteiger partial charge in [-0.1, -0.05) is 11.6 Å². The van der Waals surface area contributed by atoms with E-state index in [0.717, 1.165) is 5.56 Å². The minimum atomic E-state index is -0.387. The summed E-state index contributed by atoms with van der Waals surface area (Å²) in [4.78, 5) is 12.1. The Balaban J connectivity index is 2.09. The Kier molecular flexibility index (Phi) is 4.42. The molecule has 21 heavy (non-hydrogen) atoms. The maximum Gasteiger partial charge on any atom is 0.259 e. The lowest BCUT2D eigenvalue weighted by molar-refractivity contribution is 0.102. The fraction of sp³-hybridized carbons (Fsp3) is 0.125. The molecular formula is C16H14N2O3. The zero-order chi connectivity index (χ0) is 15.2. The highest BCUT2D eigenvalue weighted by Crippen LogP contribution is 2.21. The SMILES string of the molecule is Cc1ccc(O)c(C(=O)Nc2ccc(OCC#N)cc2)c1. The second kappa shape index (κ2) is 6.44. The van der Waals surface area contributed by atoms with E-state index in [-0.39, 0.29) is 23.8 Å². The number of phenolic OH excluding ortho intramolecular Hbond substituents is 1. The minimum Gasteiger partial charge on any atom is -0.507 e. The third kappa shape index (κ3) is 3.74. The van der Waals surface area contributed by atoms with Gasteiger partial charge >= 0.3 is 0 Å². The molecule has 0 fully saturated rings. The van der Waals surface area contributed by atoms with E-state index in [4.69, 9.17) is 10.00 Å². The highest BCUT2D eigenvalue weighted by molar-refractivity contribution is 6.06. The summed E-state index contributed by atoms with van der Waals surface area (Å²) in [5.41, 5.74) is 1.68. The topological polar surface area (TPSA) is 82.3 Å². The van der Waals surface area contributed by atoms with E-state index in [1.807, 2.05) is 13.0 Å². The maximum atomic E-state index is 12.1. The Labute approximate surface area is 122 Å². The van der Waals surface area contributed by atoms with E-state index in [9.17, 15) is 9.90 Å². The predicted molar refractivity (Wildman–Crippen MR) is 78.3 cm³/mol. The molecule has 0 spiro atoms. The van der Waals surface area contributed by atoms with E-state index < -0.39 is 0 Å². The first kappa shape index (κ1) is 14.4. The molecule has 5 heteroatoms. The van der Waals surface area contributed by atoms with Crippen molar-refractivity contribution < 1.29 is 14.6 Å². The molecule has 5 nitrogen and oxygen atoms in total. The first-order chi connectivity index (χ1) is 10.1. The molecular weight excluding hydrogens is 268 g/mol. The van der Waals surface area contributed by atoms with Crippen molar-refractivity contribution in [2.24, 2.45) is 0 Å². The molecule has 2 aromatic rings. The molecule has 0 radical (unpaired) electrons. The average Bonchev–Trinajstić information content (AvgIpc) is 2.49. The second-order valence-corrected chi connectivity index (χ2v) is 4.45. The van der Waals surface area contributed by atoms with Gasteiger partial charge in [-0.15, -0.1) is 0 Å². The van der Waals surface area contributed by atoms with Crippen LogP contribution in [0.2, 0.25) is 0 Å². The van der Waals surface area contributed by atoms with Crippen molar-refractivity contribution in [2.45, 2.75) is 6.92 Å². The molecule has 0 saturated carbocycles. The normalized spacial score (nSPS) is 9.71. The van der Waals surface area contributed by atoms with Gasteiger partial charge in [0, 0.05) is 5.69 Å². The largest absolute Gasteiger partial charge is 0.507 e. The van der Waals surface area contributed by atoms with Crippen LogP contribution in [0.1, 0.15) is 15.9 Å². The molecule has 2 N–H and O–H groups in total. The number of carbonyl (C=O) groups is 1. The van der Waals surface area contributed by atoms with Gasteiger partial charge in [-0.05, 0) is 43.3 Å². The number of aromatic hydroxyl groups is 1.